The van der Waals surface area contributed by atoms with Crippen molar-refractivity contribution in [2.45, 2.75) is 31.8 Å². The van der Waals surface area contributed by atoms with Crippen molar-refractivity contribution in [3.8, 4) is 0 Å². The molecule has 0 saturated carbocycles. The molecule has 88 valence electrons. The van der Waals surface area contributed by atoms with Gasteiger partial charge < -0.3 is 14.6 Å². The summed E-state index contributed by atoms with van der Waals surface area (Å²) in [6.07, 6.45) is 3.73. The van der Waals surface area contributed by atoms with Crippen molar-refractivity contribution < 1.29 is 9.90 Å². The second-order valence-corrected chi connectivity index (χ2v) is 4.50. The van der Waals surface area contributed by atoms with E-state index in [0.717, 1.165) is 30.9 Å². The molecule has 5 nitrogen and oxygen atoms in total. The van der Waals surface area contributed by atoms with E-state index < -0.39 is 5.97 Å². The van der Waals surface area contributed by atoms with Gasteiger partial charge in [-0.2, -0.15) is 0 Å². The Morgan fingerprint density at radius 3 is 3.06 bits per heavy atom. The maximum absolute atomic E-state index is 10.7. The van der Waals surface area contributed by atoms with Crippen molar-refractivity contribution in [2.75, 3.05) is 14.1 Å². The fourth-order valence-electron chi connectivity index (χ4n) is 2.22. The summed E-state index contributed by atoms with van der Waals surface area (Å²) in [4.78, 5) is 17.2. The van der Waals surface area contributed by atoms with Crippen molar-refractivity contribution in [3.05, 3.63) is 17.7 Å². The molecule has 1 unspecified atom stereocenters. The SMILES string of the molecule is CN(C)C1CCn2c(CC(=O)O)cnc2C1. The molecule has 5 heteroatoms. The number of likely N-dealkylation sites (N-methyl/N-ethyl adjacent to an activating group) is 1. The number of nitrogens with zero attached hydrogens (tertiary/aromatic N) is 3. The molecule has 1 aliphatic rings. The maximum Gasteiger partial charge on any atom is 0.309 e. The second-order valence-electron chi connectivity index (χ2n) is 4.50. The van der Waals surface area contributed by atoms with Crippen LogP contribution in [0.2, 0.25) is 0 Å². The molecule has 0 aromatic carbocycles. The molecule has 16 heavy (non-hydrogen) atoms. The number of hydrogen-bond donors (Lipinski definition) is 1. The number of carbonyl (C=O) groups is 1. The van der Waals surface area contributed by atoms with Gasteiger partial charge in [0.1, 0.15) is 5.82 Å². The summed E-state index contributed by atoms with van der Waals surface area (Å²) in [5.41, 5.74) is 0.819. The minimum Gasteiger partial charge on any atom is -0.481 e. The smallest absolute Gasteiger partial charge is 0.309 e. The molecule has 0 fully saturated rings. The number of carboxylic acids is 1. The van der Waals surface area contributed by atoms with Gasteiger partial charge >= 0.3 is 5.97 Å². The summed E-state index contributed by atoms with van der Waals surface area (Å²) in [6.45, 7) is 0.876. The van der Waals surface area contributed by atoms with Crippen LogP contribution in [0.15, 0.2) is 6.20 Å². The van der Waals surface area contributed by atoms with E-state index in [9.17, 15) is 4.79 Å². The number of rotatable bonds is 3. The fraction of sp³-hybridized carbons (Fsp3) is 0.636. The molecule has 0 amide bonds. The minimum atomic E-state index is -0.794. The van der Waals surface area contributed by atoms with Gasteiger partial charge in [0.15, 0.2) is 0 Å². The normalized spacial score (nSPS) is 19.8. The standard InChI is InChI=1S/C11H17N3O2/c1-13(2)8-3-4-14-9(6-11(15)16)7-12-10(14)5-8/h7-8H,3-6H2,1-2H3,(H,15,16). The van der Waals surface area contributed by atoms with Crippen LogP contribution < -0.4 is 0 Å². The van der Waals surface area contributed by atoms with Gasteiger partial charge in [0, 0.05) is 30.9 Å². The first kappa shape index (κ1) is 11.1. The highest BCUT2D eigenvalue weighted by Crippen LogP contribution is 2.19. The fourth-order valence-corrected chi connectivity index (χ4v) is 2.22. The number of carboxylic acid groups (broad SMARTS) is 1. The van der Waals surface area contributed by atoms with E-state index in [1.54, 1.807) is 6.20 Å². The molecule has 1 aliphatic heterocycles. The Hall–Kier alpha value is -1.36. The molecule has 0 aliphatic carbocycles. The Labute approximate surface area is 94.7 Å². The Balaban J connectivity index is 2.17. The highest BCUT2D eigenvalue weighted by Gasteiger charge is 2.23. The summed E-state index contributed by atoms with van der Waals surface area (Å²) in [7, 11) is 4.14. The quantitative estimate of drug-likeness (QED) is 0.805. The van der Waals surface area contributed by atoms with Crippen molar-refractivity contribution in [1.82, 2.24) is 14.5 Å². The summed E-state index contributed by atoms with van der Waals surface area (Å²) in [5.74, 6) is 0.221. The Bertz CT molecular complexity index is 398. The van der Waals surface area contributed by atoms with Gasteiger partial charge in [-0.1, -0.05) is 0 Å². The minimum absolute atomic E-state index is 0.0691. The van der Waals surface area contributed by atoms with Crippen LogP contribution in [0.1, 0.15) is 17.9 Å². The summed E-state index contributed by atoms with van der Waals surface area (Å²) in [5, 5.41) is 8.78. The first-order valence-electron chi connectivity index (χ1n) is 5.49. The van der Waals surface area contributed by atoms with Crippen LogP contribution in [0.25, 0.3) is 0 Å². The predicted molar refractivity (Wildman–Crippen MR) is 59.4 cm³/mol. The van der Waals surface area contributed by atoms with E-state index in [1.807, 2.05) is 4.57 Å². The molecule has 0 radical (unpaired) electrons. The monoisotopic (exact) mass is 223 g/mol. The van der Waals surface area contributed by atoms with Gasteiger partial charge in [0.05, 0.1) is 6.42 Å². The molecule has 1 atom stereocenters. The average Bonchev–Trinajstić information content (AvgIpc) is 2.60. The molecule has 1 aromatic heterocycles. The van der Waals surface area contributed by atoms with E-state index in [4.69, 9.17) is 5.11 Å². The average molecular weight is 223 g/mol. The summed E-state index contributed by atoms with van der Waals surface area (Å²) in [6, 6.07) is 0.521. The predicted octanol–water partition coefficient (Wildman–Crippen LogP) is 0.387. The highest BCUT2D eigenvalue weighted by molar-refractivity contribution is 5.69. The highest BCUT2D eigenvalue weighted by atomic mass is 16.4. The van der Waals surface area contributed by atoms with Crippen LogP contribution in [0.5, 0.6) is 0 Å². The van der Waals surface area contributed by atoms with Crippen LogP contribution in [0.4, 0.5) is 0 Å². The molecule has 1 N–H and O–H groups in total. The maximum atomic E-state index is 10.7. The lowest BCUT2D eigenvalue weighted by molar-refractivity contribution is -0.136. The lowest BCUT2D eigenvalue weighted by Crippen LogP contribution is -2.36. The van der Waals surface area contributed by atoms with Gasteiger partial charge in [-0.05, 0) is 20.5 Å². The number of aromatic nitrogens is 2. The number of hydrogen-bond acceptors (Lipinski definition) is 3. The van der Waals surface area contributed by atoms with Crippen LogP contribution in [-0.2, 0) is 24.2 Å². The zero-order chi connectivity index (χ0) is 11.7. The Morgan fingerprint density at radius 1 is 1.69 bits per heavy atom. The molecule has 1 aromatic rings. The zero-order valence-electron chi connectivity index (χ0n) is 9.68. The van der Waals surface area contributed by atoms with E-state index in [0.29, 0.717) is 6.04 Å². The van der Waals surface area contributed by atoms with Gasteiger partial charge in [-0.3, -0.25) is 4.79 Å². The van der Waals surface area contributed by atoms with Crippen LogP contribution in [0, 0.1) is 0 Å². The van der Waals surface area contributed by atoms with Crippen molar-refractivity contribution in [2.24, 2.45) is 0 Å². The van der Waals surface area contributed by atoms with Gasteiger partial charge in [0.2, 0.25) is 0 Å². The third-order valence-corrected chi connectivity index (χ3v) is 3.19. The van der Waals surface area contributed by atoms with Crippen LogP contribution in [-0.4, -0.2) is 45.7 Å². The lowest BCUT2D eigenvalue weighted by atomic mass is 10.1. The van der Waals surface area contributed by atoms with Gasteiger partial charge in [-0.25, -0.2) is 4.98 Å². The zero-order valence-corrected chi connectivity index (χ0v) is 9.68. The largest absolute Gasteiger partial charge is 0.481 e. The van der Waals surface area contributed by atoms with E-state index in [1.165, 1.54) is 0 Å². The molecule has 2 heterocycles. The van der Waals surface area contributed by atoms with Crippen molar-refractivity contribution in [3.63, 3.8) is 0 Å². The topological polar surface area (TPSA) is 58.4 Å². The number of aliphatic carboxylic acids is 1. The lowest BCUT2D eigenvalue weighted by Gasteiger charge is -2.29. The van der Waals surface area contributed by atoms with Crippen LogP contribution in [0.3, 0.4) is 0 Å². The van der Waals surface area contributed by atoms with E-state index in [-0.39, 0.29) is 6.42 Å². The summed E-state index contributed by atoms with van der Waals surface area (Å²) < 4.78 is 2.05. The van der Waals surface area contributed by atoms with E-state index in [2.05, 4.69) is 24.0 Å². The third kappa shape index (κ3) is 2.09. The molecule has 0 saturated heterocycles. The van der Waals surface area contributed by atoms with E-state index >= 15 is 0 Å². The van der Waals surface area contributed by atoms with Gasteiger partial charge in [0.25, 0.3) is 0 Å². The Morgan fingerprint density at radius 2 is 2.44 bits per heavy atom. The molecular formula is C11H17N3O2. The summed E-state index contributed by atoms with van der Waals surface area (Å²) >= 11 is 0. The van der Waals surface area contributed by atoms with Gasteiger partial charge in [-0.15, -0.1) is 0 Å². The Kier molecular flexibility index (Phi) is 2.96. The first-order chi connectivity index (χ1) is 7.58. The molecule has 0 spiro atoms. The van der Waals surface area contributed by atoms with Crippen molar-refractivity contribution >= 4 is 5.97 Å². The third-order valence-electron chi connectivity index (χ3n) is 3.19. The molecule has 0 bridgehead atoms. The molecule has 2 rings (SSSR count). The first-order valence-corrected chi connectivity index (χ1v) is 5.49. The number of imidazole rings is 1. The van der Waals surface area contributed by atoms with Crippen LogP contribution >= 0.6 is 0 Å². The van der Waals surface area contributed by atoms with Crippen molar-refractivity contribution in [1.29, 1.82) is 0 Å². The second kappa shape index (κ2) is 4.25. The number of fused-ring (bicyclic) bond motifs is 1. The molecular weight excluding hydrogens is 206 g/mol.